The number of rotatable bonds is 6. The van der Waals surface area contributed by atoms with Crippen LogP contribution in [0.2, 0.25) is 18.1 Å². The molecule has 0 N–H and O–H groups in total. The maximum atomic E-state index is 10.7. The van der Waals surface area contributed by atoms with Crippen LogP contribution in [0.5, 0.6) is 0 Å². The Morgan fingerprint density at radius 2 is 2.11 bits per heavy atom. The normalized spacial score (nSPS) is 12.7. The number of aldehydes is 1. The van der Waals surface area contributed by atoms with Crippen LogP contribution in [0.4, 0.5) is 0 Å². The van der Waals surface area contributed by atoms with E-state index in [9.17, 15) is 4.79 Å². The Balaban J connectivity index is 2.38. The highest BCUT2D eigenvalue weighted by Crippen LogP contribution is 2.36. The summed E-state index contributed by atoms with van der Waals surface area (Å²) in [7, 11) is -1.64. The summed E-state index contributed by atoms with van der Waals surface area (Å²) in [4.78, 5) is 14.7. The van der Waals surface area contributed by atoms with Gasteiger partial charge in [0.05, 0.1) is 0 Å². The first-order valence-corrected chi connectivity index (χ1v) is 9.29. The third-order valence-electron chi connectivity index (χ3n) is 3.67. The Hall–Kier alpha value is -0.943. The Labute approximate surface area is 110 Å². The van der Waals surface area contributed by atoms with Crippen LogP contribution >= 0.6 is 0 Å². The van der Waals surface area contributed by atoms with Crippen molar-refractivity contribution in [2.45, 2.75) is 51.9 Å². The quantitative estimate of drug-likeness (QED) is 0.452. The maximum absolute atomic E-state index is 10.7. The molecular formula is C13H24N2O2Si. The fraction of sp³-hybridized carbons (Fsp3) is 0.692. The fourth-order valence-electron chi connectivity index (χ4n) is 1.41. The average molecular weight is 268 g/mol. The van der Waals surface area contributed by atoms with Crippen molar-refractivity contribution in [3.63, 3.8) is 0 Å². The van der Waals surface area contributed by atoms with E-state index in [4.69, 9.17) is 4.43 Å². The van der Waals surface area contributed by atoms with Gasteiger partial charge in [-0.1, -0.05) is 20.8 Å². The zero-order valence-electron chi connectivity index (χ0n) is 12.1. The molecule has 0 saturated carbocycles. The lowest BCUT2D eigenvalue weighted by Crippen LogP contribution is -2.41. The molecule has 4 nitrogen and oxygen atoms in total. The summed E-state index contributed by atoms with van der Waals surface area (Å²) >= 11 is 0. The van der Waals surface area contributed by atoms with E-state index in [1.165, 1.54) is 0 Å². The van der Waals surface area contributed by atoms with Crippen LogP contribution in [0.15, 0.2) is 12.4 Å². The van der Waals surface area contributed by atoms with Gasteiger partial charge in [-0.25, -0.2) is 4.98 Å². The Kier molecular flexibility index (Phi) is 4.87. The molecule has 0 aliphatic heterocycles. The van der Waals surface area contributed by atoms with Crippen molar-refractivity contribution in [1.82, 2.24) is 9.55 Å². The van der Waals surface area contributed by atoms with Gasteiger partial charge in [-0.3, -0.25) is 4.79 Å². The molecule has 102 valence electrons. The lowest BCUT2D eigenvalue weighted by molar-refractivity contribution is 0.111. The average Bonchev–Trinajstić information content (AvgIpc) is 2.70. The number of nitrogens with zero attached hydrogens (tertiary/aromatic N) is 2. The number of carbonyl (C=O) groups is 1. The molecule has 5 heteroatoms. The standard InChI is InChI=1S/C13H24N2O2Si/c1-13(2,3)18(4,5)17-10-6-8-15-9-7-14-12(15)11-16/h7,9,11H,6,8,10H2,1-5H3. The molecular weight excluding hydrogens is 244 g/mol. The monoisotopic (exact) mass is 268 g/mol. The highest BCUT2D eigenvalue weighted by atomic mass is 28.4. The zero-order valence-corrected chi connectivity index (χ0v) is 13.1. The van der Waals surface area contributed by atoms with Gasteiger partial charge in [-0.05, 0) is 24.6 Å². The molecule has 0 fully saturated rings. The molecule has 0 atom stereocenters. The van der Waals surface area contributed by atoms with Crippen LogP contribution in [0, 0.1) is 0 Å². The van der Waals surface area contributed by atoms with Gasteiger partial charge >= 0.3 is 0 Å². The van der Waals surface area contributed by atoms with Gasteiger partial charge in [0.15, 0.2) is 20.4 Å². The SMILES string of the molecule is CC(C)(C)[Si](C)(C)OCCCn1ccnc1C=O. The third-order valence-corrected chi connectivity index (χ3v) is 8.20. The van der Waals surface area contributed by atoms with Crippen LogP contribution in [-0.2, 0) is 11.0 Å². The molecule has 0 radical (unpaired) electrons. The summed E-state index contributed by atoms with van der Waals surface area (Å²) in [5.41, 5.74) is 0. The van der Waals surface area contributed by atoms with Crippen molar-refractivity contribution in [3.05, 3.63) is 18.2 Å². The molecule has 0 aliphatic rings. The van der Waals surface area contributed by atoms with E-state index in [1.54, 1.807) is 6.20 Å². The van der Waals surface area contributed by atoms with Crippen molar-refractivity contribution in [3.8, 4) is 0 Å². The lowest BCUT2D eigenvalue weighted by Gasteiger charge is -2.36. The van der Waals surface area contributed by atoms with Crippen molar-refractivity contribution in [1.29, 1.82) is 0 Å². The predicted molar refractivity (Wildman–Crippen MR) is 75.4 cm³/mol. The highest BCUT2D eigenvalue weighted by molar-refractivity contribution is 6.74. The molecule has 0 saturated heterocycles. The van der Waals surface area contributed by atoms with Crippen LogP contribution in [0.1, 0.15) is 37.8 Å². The summed E-state index contributed by atoms with van der Waals surface area (Å²) in [5.74, 6) is 0.488. The maximum Gasteiger partial charge on any atom is 0.191 e. The molecule has 1 rings (SSSR count). The Bertz CT molecular complexity index is 394. The summed E-state index contributed by atoms with van der Waals surface area (Å²) in [6.07, 6.45) is 5.17. The van der Waals surface area contributed by atoms with Gasteiger partial charge in [0.1, 0.15) is 0 Å². The van der Waals surface area contributed by atoms with Crippen LogP contribution in [0.25, 0.3) is 0 Å². The van der Waals surface area contributed by atoms with Gasteiger partial charge in [0, 0.05) is 25.5 Å². The molecule has 18 heavy (non-hydrogen) atoms. The van der Waals surface area contributed by atoms with Gasteiger partial charge in [0.2, 0.25) is 0 Å². The molecule has 0 aromatic carbocycles. The van der Waals surface area contributed by atoms with E-state index >= 15 is 0 Å². The van der Waals surface area contributed by atoms with Crippen LogP contribution in [-0.4, -0.2) is 30.8 Å². The zero-order chi connectivity index (χ0) is 13.8. The Morgan fingerprint density at radius 3 is 2.67 bits per heavy atom. The minimum atomic E-state index is -1.64. The second-order valence-corrected chi connectivity index (χ2v) is 10.9. The lowest BCUT2D eigenvalue weighted by atomic mass is 10.2. The van der Waals surface area contributed by atoms with Gasteiger partial charge in [-0.15, -0.1) is 0 Å². The number of aryl methyl sites for hydroxylation is 1. The molecule has 0 spiro atoms. The van der Waals surface area contributed by atoms with Crippen molar-refractivity contribution in [2.75, 3.05) is 6.61 Å². The molecule has 0 unspecified atom stereocenters. The van der Waals surface area contributed by atoms with E-state index < -0.39 is 8.32 Å². The van der Waals surface area contributed by atoms with Crippen molar-refractivity contribution < 1.29 is 9.22 Å². The number of aromatic nitrogens is 2. The van der Waals surface area contributed by atoms with E-state index in [-0.39, 0.29) is 5.04 Å². The van der Waals surface area contributed by atoms with E-state index in [1.807, 2.05) is 10.8 Å². The van der Waals surface area contributed by atoms with Crippen molar-refractivity contribution in [2.24, 2.45) is 0 Å². The molecule has 1 aromatic rings. The first kappa shape index (κ1) is 15.1. The first-order valence-electron chi connectivity index (χ1n) is 6.38. The Morgan fingerprint density at radius 1 is 1.44 bits per heavy atom. The van der Waals surface area contributed by atoms with Gasteiger partial charge in [-0.2, -0.15) is 0 Å². The third kappa shape index (κ3) is 3.78. The predicted octanol–water partition coefficient (Wildman–Crippen LogP) is 3.11. The molecule has 0 amide bonds. The minimum Gasteiger partial charge on any atom is -0.417 e. The van der Waals surface area contributed by atoms with Crippen LogP contribution in [0.3, 0.4) is 0 Å². The second kappa shape index (κ2) is 5.80. The number of hydrogen-bond acceptors (Lipinski definition) is 3. The smallest absolute Gasteiger partial charge is 0.191 e. The van der Waals surface area contributed by atoms with E-state index in [2.05, 4.69) is 38.8 Å². The van der Waals surface area contributed by atoms with Crippen LogP contribution < -0.4 is 0 Å². The van der Waals surface area contributed by atoms with Gasteiger partial charge in [0.25, 0.3) is 0 Å². The van der Waals surface area contributed by atoms with Crippen molar-refractivity contribution >= 4 is 14.6 Å². The molecule has 0 bridgehead atoms. The number of carbonyl (C=O) groups excluding carboxylic acids is 1. The number of hydrogen-bond donors (Lipinski definition) is 0. The molecule has 1 aromatic heterocycles. The molecule has 0 aliphatic carbocycles. The summed E-state index contributed by atoms with van der Waals surface area (Å²) in [6, 6.07) is 0. The topological polar surface area (TPSA) is 44.1 Å². The summed E-state index contributed by atoms with van der Waals surface area (Å²) < 4.78 is 7.95. The van der Waals surface area contributed by atoms with Gasteiger partial charge < -0.3 is 8.99 Å². The first-order chi connectivity index (χ1) is 8.28. The second-order valence-electron chi connectivity index (χ2n) is 6.06. The highest BCUT2D eigenvalue weighted by Gasteiger charge is 2.36. The van der Waals surface area contributed by atoms with E-state index in [0.717, 1.165) is 25.9 Å². The summed E-state index contributed by atoms with van der Waals surface area (Å²) in [5, 5.41) is 0.246. The summed E-state index contributed by atoms with van der Waals surface area (Å²) in [6.45, 7) is 12.7. The fourth-order valence-corrected chi connectivity index (χ4v) is 2.49. The number of imidazole rings is 1. The van der Waals surface area contributed by atoms with E-state index in [0.29, 0.717) is 5.82 Å². The molecule has 1 heterocycles. The minimum absolute atomic E-state index is 0.246. The largest absolute Gasteiger partial charge is 0.417 e.